The molecule has 7 heteroatoms. The van der Waals surface area contributed by atoms with Crippen molar-refractivity contribution in [3.05, 3.63) is 15.6 Å². The molecule has 0 saturated carbocycles. The van der Waals surface area contributed by atoms with Crippen LogP contribution >= 0.6 is 11.3 Å². The lowest BCUT2D eigenvalue weighted by atomic mass is 10.1. The second-order valence-electron chi connectivity index (χ2n) is 5.97. The highest BCUT2D eigenvalue weighted by Gasteiger charge is 2.17. The molecule has 0 spiro atoms. The molecule has 2 amide bonds. The van der Waals surface area contributed by atoms with Gasteiger partial charge in [-0.25, -0.2) is 4.98 Å². The Labute approximate surface area is 135 Å². The maximum absolute atomic E-state index is 11.7. The van der Waals surface area contributed by atoms with Crippen molar-refractivity contribution >= 4 is 23.2 Å². The molecule has 124 valence electrons. The van der Waals surface area contributed by atoms with Gasteiger partial charge in [0.25, 0.3) is 0 Å². The van der Waals surface area contributed by atoms with Crippen molar-refractivity contribution in [2.45, 2.75) is 53.1 Å². The summed E-state index contributed by atoms with van der Waals surface area (Å²) >= 11 is 1.58. The molecule has 22 heavy (non-hydrogen) atoms. The van der Waals surface area contributed by atoms with Crippen molar-refractivity contribution in [1.29, 1.82) is 0 Å². The summed E-state index contributed by atoms with van der Waals surface area (Å²) in [5, 5.41) is 6.17. The molecule has 1 heterocycles. The smallest absolute Gasteiger partial charge is 0.239 e. The van der Waals surface area contributed by atoms with Gasteiger partial charge in [0, 0.05) is 4.88 Å². The minimum Gasteiger partial charge on any atom is -0.348 e. The monoisotopic (exact) mass is 326 g/mol. The quantitative estimate of drug-likeness (QED) is 0.703. The van der Waals surface area contributed by atoms with Crippen molar-refractivity contribution in [1.82, 2.24) is 15.6 Å². The Morgan fingerprint density at radius 1 is 1.23 bits per heavy atom. The fourth-order valence-corrected chi connectivity index (χ4v) is 2.93. The molecule has 1 rings (SSSR count). The second-order valence-corrected chi connectivity index (χ2v) is 7.26. The SMILES string of the molecule is Cc1sc(CNC(=O)CNC(=O)[C@@H](N)C(C)C)nc1C(C)C. The molecule has 1 aromatic heterocycles. The third-order valence-corrected chi connectivity index (χ3v) is 4.29. The highest BCUT2D eigenvalue weighted by molar-refractivity contribution is 7.11. The zero-order valence-electron chi connectivity index (χ0n) is 13.9. The average Bonchev–Trinajstić information content (AvgIpc) is 2.82. The van der Waals surface area contributed by atoms with Crippen LogP contribution in [0.4, 0.5) is 0 Å². The van der Waals surface area contributed by atoms with Crippen LogP contribution in [0.2, 0.25) is 0 Å². The van der Waals surface area contributed by atoms with Gasteiger partial charge in [-0.3, -0.25) is 9.59 Å². The molecule has 6 nitrogen and oxygen atoms in total. The highest BCUT2D eigenvalue weighted by Crippen LogP contribution is 2.23. The Morgan fingerprint density at radius 2 is 1.86 bits per heavy atom. The van der Waals surface area contributed by atoms with Gasteiger partial charge in [0.15, 0.2) is 0 Å². The van der Waals surface area contributed by atoms with Crippen LogP contribution in [0, 0.1) is 12.8 Å². The van der Waals surface area contributed by atoms with E-state index in [1.807, 2.05) is 20.8 Å². The van der Waals surface area contributed by atoms with Crippen LogP contribution in [-0.2, 0) is 16.1 Å². The second kappa shape index (κ2) is 8.24. The molecule has 0 bridgehead atoms. The van der Waals surface area contributed by atoms with Gasteiger partial charge in [0.1, 0.15) is 5.01 Å². The van der Waals surface area contributed by atoms with E-state index in [1.165, 1.54) is 4.88 Å². The number of hydrogen-bond donors (Lipinski definition) is 3. The van der Waals surface area contributed by atoms with Crippen molar-refractivity contribution < 1.29 is 9.59 Å². The first kappa shape index (κ1) is 18.6. The van der Waals surface area contributed by atoms with Crippen molar-refractivity contribution in [2.75, 3.05) is 6.54 Å². The van der Waals surface area contributed by atoms with Crippen molar-refractivity contribution in [2.24, 2.45) is 11.7 Å². The molecule has 0 aliphatic heterocycles. The number of amides is 2. The lowest BCUT2D eigenvalue weighted by molar-refractivity contribution is -0.127. The van der Waals surface area contributed by atoms with Crippen LogP contribution in [0.15, 0.2) is 0 Å². The number of nitrogens with two attached hydrogens (primary N) is 1. The van der Waals surface area contributed by atoms with E-state index in [2.05, 4.69) is 29.5 Å². The van der Waals surface area contributed by atoms with E-state index in [1.54, 1.807) is 11.3 Å². The molecular weight excluding hydrogens is 300 g/mol. The first-order valence-electron chi connectivity index (χ1n) is 7.48. The van der Waals surface area contributed by atoms with Crippen LogP contribution in [0.5, 0.6) is 0 Å². The van der Waals surface area contributed by atoms with E-state index >= 15 is 0 Å². The zero-order valence-corrected chi connectivity index (χ0v) is 14.7. The highest BCUT2D eigenvalue weighted by atomic mass is 32.1. The fraction of sp³-hybridized carbons (Fsp3) is 0.667. The number of hydrogen-bond acceptors (Lipinski definition) is 5. The van der Waals surface area contributed by atoms with Gasteiger partial charge in [0.05, 0.1) is 24.8 Å². The zero-order chi connectivity index (χ0) is 16.9. The van der Waals surface area contributed by atoms with Gasteiger partial charge in [-0.1, -0.05) is 27.7 Å². The molecule has 1 atom stereocenters. The van der Waals surface area contributed by atoms with Crippen LogP contribution in [0.25, 0.3) is 0 Å². The van der Waals surface area contributed by atoms with E-state index in [0.717, 1.165) is 10.7 Å². The normalized spacial score (nSPS) is 12.5. The predicted molar refractivity (Wildman–Crippen MR) is 88.6 cm³/mol. The number of thiazole rings is 1. The lowest BCUT2D eigenvalue weighted by Gasteiger charge is -2.14. The van der Waals surface area contributed by atoms with Gasteiger partial charge in [-0.15, -0.1) is 11.3 Å². The first-order valence-corrected chi connectivity index (χ1v) is 8.30. The van der Waals surface area contributed by atoms with Crippen LogP contribution in [0.1, 0.15) is 49.2 Å². The molecule has 0 unspecified atom stereocenters. The maximum atomic E-state index is 11.7. The van der Waals surface area contributed by atoms with Gasteiger partial charge < -0.3 is 16.4 Å². The van der Waals surface area contributed by atoms with Crippen LogP contribution in [-0.4, -0.2) is 29.4 Å². The summed E-state index contributed by atoms with van der Waals surface area (Å²) in [7, 11) is 0. The van der Waals surface area contributed by atoms with Crippen LogP contribution in [0.3, 0.4) is 0 Å². The van der Waals surface area contributed by atoms with Gasteiger partial charge in [0.2, 0.25) is 11.8 Å². The minimum absolute atomic E-state index is 0.0378. The van der Waals surface area contributed by atoms with E-state index in [0.29, 0.717) is 12.5 Å². The molecule has 4 N–H and O–H groups in total. The largest absolute Gasteiger partial charge is 0.348 e. The summed E-state index contributed by atoms with van der Waals surface area (Å²) < 4.78 is 0. The van der Waals surface area contributed by atoms with E-state index < -0.39 is 6.04 Å². The molecule has 0 aliphatic carbocycles. The minimum atomic E-state index is -0.594. The third-order valence-electron chi connectivity index (χ3n) is 3.30. The van der Waals surface area contributed by atoms with Gasteiger partial charge >= 0.3 is 0 Å². The molecule has 1 aromatic rings. The Hall–Kier alpha value is -1.47. The summed E-state index contributed by atoms with van der Waals surface area (Å²) in [4.78, 5) is 29.1. The van der Waals surface area contributed by atoms with Crippen molar-refractivity contribution in [3.8, 4) is 0 Å². The maximum Gasteiger partial charge on any atom is 0.239 e. The summed E-state index contributed by atoms with van der Waals surface area (Å²) in [6.45, 7) is 10.3. The number of rotatable bonds is 7. The van der Waals surface area contributed by atoms with Gasteiger partial charge in [-0.05, 0) is 18.8 Å². The predicted octanol–water partition coefficient (Wildman–Crippen LogP) is 1.29. The summed E-state index contributed by atoms with van der Waals surface area (Å²) in [6.07, 6.45) is 0. The Morgan fingerprint density at radius 3 is 2.36 bits per heavy atom. The summed E-state index contributed by atoms with van der Waals surface area (Å²) in [5.41, 5.74) is 6.78. The lowest BCUT2D eigenvalue weighted by Crippen LogP contribution is -2.47. The van der Waals surface area contributed by atoms with E-state index in [9.17, 15) is 9.59 Å². The number of carbonyl (C=O) groups excluding carboxylic acids is 2. The third kappa shape index (κ3) is 5.38. The average molecular weight is 326 g/mol. The number of aromatic nitrogens is 1. The topological polar surface area (TPSA) is 97.1 Å². The number of carbonyl (C=O) groups is 2. The Kier molecular flexibility index (Phi) is 6.96. The standard InChI is InChI=1S/C15H26N4O2S/c1-8(2)13(16)15(21)18-6-11(20)17-7-12-19-14(9(3)4)10(5)22-12/h8-9,13H,6-7,16H2,1-5H3,(H,17,20)(H,18,21)/t13-/m0/s1. The molecule has 0 fully saturated rings. The summed E-state index contributed by atoms with van der Waals surface area (Å²) in [5.74, 6) is -0.145. The fourth-order valence-electron chi connectivity index (χ4n) is 1.90. The van der Waals surface area contributed by atoms with Gasteiger partial charge in [-0.2, -0.15) is 0 Å². The van der Waals surface area contributed by atoms with Crippen molar-refractivity contribution in [3.63, 3.8) is 0 Å². The number of nitrogens with zero attached hydrogens (tertiary/aromatic N) is 1. The first-order chi connectivity index (χ1) is 10.2. The molecule has 0 aromatic carbocycles. The van der Waals surface area contributed by atoms with E-state index in [4.69, 9.17) is 5.73 Å². The number of nitrogens with one attached hydrogen (secondary N) is 2. The Bertz CT molecular complexity index is 526. The Balaban J connectivity index is 2.40. The molecule has 0 aliphatic rings. The van der Waals surface area contributed by atoms with E-state index in [-0.39, 0.29) is 24.3 Å². The molecular formula is C15H26N4O2S. The molecule has 0 saturated heterocycles. The molecule has 0 radical (unpaired) electrons. The summed E-state index contributed by atoms with van der Waals surface area (Å²) in [6, 6.07) is -0.594. The van der Waals surface area contributed by atoms with Crippen LogP contribution < -0.4 is 16.4 Å². The number of aryl methyl sites for hydroxylation is 1.